The zero-order valence-electron chi connectivity index (χ0n) is 10.00. The van der Waals surface area contributed by atoms with E-state index in [1.54, 1.807) is 6.92 Å². The van der Waals surface area contributed by atoms with Crippen LogP contribution in [0.25, 0.3) is 0 Å². The summed E-state index contributed by atoms with van der Waals surface area (Å²) in [4.78, 5) is 13.4. The van der Waals surface area contributed by atoms with E-state index in [1.165, 1.54) is 4.90 Å². The molecule has 2 rings (SSSR count). The first kappa shape index (κ1) is 13.5. The number of amides is 1. The van der Waals surface area contributed by atoms with Crippen molar-refractivity contribution in [3.05, 3.63) is 34.3 Å². The Kier molecular flexibility index (Phi) is 3.71. The van der Waals surface area contributed by atoms with Crippen LogP contribution in [0, 0.1) is 0 Å². The minimum atomic E-state index is -2.73. The summed E-state index contributed by atoms with van der Waals surface area (Å²) in [5.41, 5.74) is 0.838. The lowest BCUT2D eigenvalue weighted by Crippen LogP contribution is -2.34. The van der Waals surface area contributed by atoms with Crippen molar-refractivity contribution in [2.24, 2.45) is 0 Å². The molecule has 98 valence electrons. The summed E-state index contributed by atoms with van der Waals surface area (Å²) in [5, 5.41) is 0. The average Bonchev–Trinajstić information content (AvgIpc) is 2.68. The van der Waals surface area contributed by atoms with E-state index >= 15 is 0 Å². The number of carbonyl (C=O) groups excluding carboxylic acids is 1. The Morgan fingerprint density at radius 1 is 1.50 bits per heavy atom. The van der Waals surface area contributed by atoms with Gasteiger partial charge in [0.2, 0.25) is 5.91 Å². The van der Waals surface area contributed by atoms with Crippen molar-refractivity contribution < 1.29 is 13.6 Å². The first-order valence-corrected chi connectivity index (χ1v) is 6.60. The van der Waals surface area contributed by atoms with E-state index in [9.17, 15) is 13.6 Å². The Bertz CT molecular complexity index is 464. The van der Waals surface area contributed by atoms with Gasteiger partial charge in [-0.2, -0.15) is 0 Å². The second-order valence-corrected chi connectivity index (χ2v) is 5.56. The Labute approximate surface area is 113 Å². The highest BCUT2D eigenvalue weighted by molar-refractivity contribution is 9.10. The molecule has 0 bridgehead atoms. The normalized spacial score (nSPS) is 19.9. The average molecular weight is 318 g/mol. The molecule has 5 heteroatoms. The van der Waals surface area contributed by atoms with Gasteiger partial charge in [0, 0.05) is 17.4 Å². The van der Waals surface area contributed by atoms with E-state index in [0.29, 0.717) is 0 Å². The number of rotatable bonds is 2. The zero-order valence-corrected chi connectivity index (χ0v) is 11.6. The van der Waals surface area contributed by atoms with Gasteiger partial charge in [0.25, 0.3) is 5.92 Å². The van der Waals surface area contributed by atoms with Gasteiger partial charge < -0.3 is 4.90 Å². The number of carbonyl (C=O) groups is 1. The number of likely N-dealkylation sites (tertiary alicyclic amines) is 1. The maximum Gasteiger partial charge on any atom is 0.267 e. The molecule has 1 amide bonds. The van der Waals surface area contributed by atoms with Crippen LogP contribution in [0.5, 0.6) is 0 Å². The number of alkyl halides is 2. The van der Waals surface area contributed by atoms with Crippen molar-refractivity contribution >= 4 is 21.8 Å². The van der Waals surface area contributed by atoms with E-state index < -0.39 is 18.4 Å². The van der Waals surface area contributed by atoms with Crippen LogP contribution < -0.4 is 0 Å². The Hall–Kier alpha value is -0.970. The lowest BCUT2D eigenvalue weighted by molar-refractivity contribution is -0.132. The van der Waals surface area contributed by atoms with Crippen LogP contribution in [0.2, 0.25) is 0 Å². The van der Waals surface area contributed by atoms with Crippen molar-refractivity contribution in [2.45, 2.75) is 25.2 Å². The van der Waals surface area contributed by atoms with Gasteiger partial charge in [-0.05, 0) is 24.6 Å². The summed E-state index contributed by atoms with van der Waals surface area (Å²) in [7, 11) is 0. The molecule has 1 atom stereocenters. The van der Waals surface area contributed by atoms with Crippen LogP contribution in [-0.2, 0) is 4.79 Å². The molecule has 1 aromatic rings. The molecular weight excluding hydrogens is 304 g/mol. The van der Waals surface area contributed by atoms with Crippen LogP contribution in [0.1, 0.15) is 24.8 Å². The molecule has 1 aromatic carbocycles. The van der Waals surface area contributed by atoms with E-state index in [2.05, 4.69) is 15.9 Å². The number of hydrogen-bond acceptors (Lipinski definition) is 1. The number of halogens is 3. The van der Waals surface area contributed by atoms with Crippen molar-refractivity contribution in [1.29, 1.82) is 0 Å². The largest absolute Gasteiger partial charge is 0.336 e. The SMILES string of the molecule is CC(C(=O)N1CCC(F)(F)C1)c1cccc(Br)c1. The van der Waals surface area contributed by atoms with E-state index in [4.69, 9.17) is 0 Å². The number of nitrogens with zero attached hydrogens (tertiary/aromatic N) is 1. The highest BCUT2D eigenvalue weighted by atomic mass is 79.9. The monoisotopic (exact) mass is 317 g/mol. The molecule has 1 heterocycles. The lowest BCUT2D eigenvalue weighted by atomic mass is 10.00. The number of benzene rings is 1. The molecule has 1 aliphatic heterocycles. The maximum absolute atomic E-state index is 13.1. The third-order valence-electron chi connectivity index (χ3n) is 3.20. The molecule has 0 saturated carbocycles. The predicted molar refractivity (Wildman–Crippen MR) is 68.7 cm³/mol. The van der Waals surface area contributed by atoms with Gasteiger partial charge in [0.15, 0.2) is 0 Å². The van der Waals surface area contributed by atoms with Gasteiger partial charge in [0.1, 0.15) is 0 Å². The molecular formula is C13H14BrF2NO. The maximum atomic E-state index is 13.1. The van der Waals surface area contributed by atoms with E-state index in [0.717, 1.165) is 10.0 Å². The molecule has 0 N–H and O–H groups in total. The standard InChI is InChI=1S/C13H14BrF2NO/c1-9(10-3-2-4-11(14)7-10)12(18)17-6-5-13(15,16)8-17/h2-4,7,9H,5-6,8H2,1H3. The van der Waals surface area contributed by atoms with E-state index in [1.807, 2.05) is 24.3 Å². The molecule has 0 radical (unpaired) electrons. The second kappa shape index (κ2) is 4.96. The summed E-state index contributed by atoms with van der Waals surface area (Å²) >= 11 is 3.34. The molecule has 1 saturated heterocycles. The molecule has 0 spiro atoms. The minimum absolute atomic E-state index is 0.143. The zero-order chi connectivity index (χ0) is 13.3. The third-order valence-corrected chi connectivity index (χ3v) is 3.69. The smallest absolute Gasteiger partial charge is 0.267 e. The Morgan fingerprint density at radius 3 is 2.78 bits per heavy atom. The molecule has 18 heavy (non-hydrogen) atoms. The summed E-state index contributed by atoms with van der Waals surface area (Å²) in [6.45, 7) is 1.44. The van der Waals surface area contributed by atoms with Crippen molar-refractivity contribution in [1.82, 2.24) is 4.90 Å². The van der Waals surface area contributed by atoms with Gasteiger partial charge in [-0.3, -0.25) is 4.79 Å². The van der Waals surface area contributed by atoms with Gasteiger partial charge >= 0.3 is 0 Å². The summed E-state index contributed by atoms with van der Waals surface area (Å²) < 4.78 is 27.0. The Morgan fingerprint density at radius 2 is 2.22 bits per heavy atom. The molecule has 0 aromatic heterocycles. The van der Waals surface area contributed by atoms with Crippen LogP contribution in [0.3, 0.4) is 0 Å². The molecule has 0 aliphatic carbocycles. The fraction of sp³-hybridized carbons (Fsp3) is 0.462. The topological polar surface area (TPSA) is 20.3 Å². The quantitative estimate of drug-likeness (QED) is 0.818. The van der Waals surface area contributed by atoms with Crippen molar-refractivity contribution in [2.75, 3.05) is 13.1 Å². The Balaban J connectivity index is 2.10. The second-order valence-electron chi connectivity index (χ2n) is 4.64. The van der Waals surface area contributed by atoms with Crippen LogP contribution in [0.4, 0.5) is 8.78 Å². The summed E-state index contributed by atoms with van der Waals surface area (Å²) in [6.07, 6.45) is -0.232. The van der Waals surface area contributed by atoms with Crippen LogP contribution in [0.15, 0.2) is 28.7 Å². The van der Waals surface area contributed by atoms with Gasteiger partial charge in [-0.25, -0.2) is 8.78 Å². The summed E-state index contributed by atoms with van der Waals surface area (Å²) in [6, 6.07) is 7.38. The highest BCUT2D eigenvalue weighted by Crippen LogP contribution is 2.30. The van der Waals surface area contributed by atoms with Crippen molar-refractivity contribution in [3.8, 4) is 0 Å². The predicted octanol–water partition coefficient (Wildman–Crippen LogP) is 3.42. The van der Waals surface area contributed by atoms with Crippen LogP contribution in [-0.4, -0.2) is 29.8 Å². The fourth-order valence-corrected chi connectivity index (χ4v) is 2.53. The van der Waals surface area contributed by atoms with Crippen LogP contribution >= 0.6 is 15.9 Å². The molecule has 1 unspecified atom stereocenters. The first-order valence-electron chi connectivity index (χ1n) is 5.81. The lowest BCUT2D eigenvalue weighted by Gasteiger charge is -2.21. The first-order chi connectivity index (χ1) is 8.39. The minimum Gasteiger partial charge on any atom is -0.336 e. The molecule has 2 nitrogen and oxygen atoms in total. The van der Waals surface area contributed by atoms with Gasteiger partial charge in [-0.1, -0.05) is 28.1 Å². The molecule has 1 fully saturated rings. The molecule has 1 aliphatic rings. The third kappa shape index (κ3) is 2.88. The van der Waals surface area contributed by atoms with Crippen molar-refractivity contribution in [3.63, 3.8) is 0 Å². The van der Waals surface area contributed by atoms with Gasteiger partial charge in [-0.15, -0.1) is 0 Å². The highest BCUT2D eigenvalue weighted by Gasteiger charge is 2.41. The van der Waals surface area contributed by atoms with Gasteiger partial charge in [0.05, 0.1) is 12.5 Å². The number of hydrogen-bond donors (Lipinski definition) is 0. The summed E-state index contributed by atoms with van der Waals surface area (Å²) in [5.74, 6) is -3.35. The van der Waals surface area contributed by atoms with E-state index in [-0.39, 0.29) is 18.9 Å². The fourth-order valence-electron chi connectivity index (χ4n) is 2.12.